The first-order valence-electron chi connectivity index (χ1n) is 10.5. The molecule has 2 amide bonds. The van der Waals surface area contributed by atoms with Gasteiger partial charge >= 0.3 is 5.97 Å². The Balaban J connectivity index is 1.84. The lowest BCUT2D eigenvalue weighted by Crippen LogP contribution is -2.46. The maximum atomic E-state index is 12.6. The maximum Gasteiger partial charge on any atom is 0.337 e. The van der Waals surface area contributed by atoms with Gasteiger partial charge < -0.3 is 19.9 Å². The Morgan fingerprint density at radius 3 is 2.36 bits per heavy atom. The Bertz CT molecular complexity index is 1180. The minimum atomic E-state index is -0.632. The van der Waals surface area contributed by atoms with Crippen molar-refractivity contribution in [2.45, 2.75) is 40.7 Å². The molecule has 1 aromatic carbocycles. The summed E-state index contributed by atoms with van der Waals surface area (Å²) in [5, 5.41) is 7.87. The molecule has 0 aliphatic carbocycles. The van der Waals surface area contributed by atoms with Crippen LogP contribution in [0.5, 0.6) is 0 Å². The molecule has 2 heterocycles. The molecule has 0 unspecified atom stereocenters. The van der Waals surface area contributed by atoms with Crippen LogP contribution in [-0.2, 0) is 14.3 Å². The Morgan fingerprint density at radius 2 is 1.79 bits per heavy atom. The zero-order chi connectivity index (χ0) is 24.3. The highest BCUT2D eigenvalue weighted by Gasteiger charge is 2.24. The Hall–Kier alpha value is -3.46. The van der Waals surface area contributed by atoms with Crippen LogP contribution in [0.1, 0.15) is 42.5 Å². The van der Waals surface area contributed by atoms with Crippen LogP contribution in [0.2, 0.25) is 0 Å². The molecule has 8 nitrogen and oxygen atoms in total. The van der Waals surface area contributed by atoms with E-state index in [0.29, 0.717) is 10.7 Å². The van der Waals surface area contributed by atoms with Gasteiger partial charge in [-0.2, -0.15) is 0 Å². The molecule has 0 aliphatic heterocycles. The number of hydrogen-bond donors (Lipinski definition) is 2. The summed E-state index contributed by atoms with van der Waals surface area (Å²) < 4.78 is 6.85. The van der Waals surface area contributed by atoms with Gasteiger partial charge in [-0.15, -0.1) is 11.3 Å². The first-order valence-corrected chi connectivity index (χ1v) is 11.4. The Labute approximate surface area is 197 Å². The van der Waals surface area contributed by atoms with E-state index in [-0.39, 0.29) is 23.7 Å². The lowest BCUT2D eigenvalue weighted by Gasteiger charge is -2.20. The zero-order valence-electron chi connectivity index (χ0n) is 19.6. The number of nitrogens with zero attached hydrogens (tertiary/aromatic N) is 2. The summed E-state index contributed by atoms with van der Waals surface area (Å²) in [6, 6.07) is 8.62. The molecule has 0 aliphatic rings. The fourth-order valence-electron chi connectivity index (χ4n) is 3.68. The van der Waals surface area contributed by atoms with Crippen LogP contribution in [0.4, 0.5) is 5.13 Å². The maximum absolute atomic E-state index is 12.6. The van der Waals surface area contributed by atoms with Crippen molar-refractivity contribution < 1.29 is 19.1 Å². The third-order valence-electron chi connectivity index (χ3n) is 5.30. The fraction of sp³-hybridized carbons (Fsp3) is 0.333. The standard InChI is InChI=1S/C24H28N4O4S/c1-13(2)21(25-16(5)29)22(30)27-24-26-20(12-33-24)19-11-14(3)28(15(19)4)18-9-7-17(8-10-18)23(31)32-6/h7-13,21H,1-6H3,(H,25,29)(H,26,27,30)/t21-/m0/s1. The van der Waals surface area contributed by atoms with Crippen LogP contribution < -0.4 is 10.6 Å². The van der Waals surface area contributed by atoms with Crippen LogP contribution in [0.15, 0.2) is 35.7 Å². The van der Waals surface area contributed by atoms with E-state index in [1.807, 2.05) is 51.3 Å². The lowest BCUT2D eigenvalue weighted by atomic mass is 10.0. The topological polar surface area (TPSA) is 102 Å². The molecule has 2 aromatic heterocycles. The number of anilines is 1. The van der Waals surface area contributed by atoms with E-state index in [4.69, 9.17) is 4.74 Å². The van der Waals surface area contributed by atoms with E-state index in [0.717, 1.165) is 28.3 Å². The van der Waals surface area contributed by atoms with E-state index in [2.05, 4.69) is 20.2 Å². The third kappa shape index (κ3) is 5.31. The van der Waals surface area contributed by atoms with Crippen LogP contribution in [0, 0.1) is 19.8 Å². The predicted octanol–water partition coefficient (Wildman–Crippen LogP) is 4.10. The van der Waals surface area contributed by atoms with Gasteiger partial charge in [0.15, 0.2) is 5.13 Å². The van der Waals surface area contributed by atoms with Crippen molar-refractivity contribution in [1.29, 1.82) is 0 Å². The molecule has 174 valence electrons. The van der Waals surface area contributed by atoms with Gasteiger partial charge in [0.1, 0.15) is 6.04 Å². The van der Waals surface area contributed by atoms with Crippen molar-refractivity contribution in [1.82, 2.24) is 14.9 Å². The van der Waals surface area contributed by atoms with Gasteiger partial charge in [0.05, 0.1) is 18.4 Å². The summed E-state index contributed by atoms with van der Waals surface area (Å²) in [7, 11) is 1.36. The lowest BCUT2D eigenvalue weighted by molar-refractivity contribution is -0.126. The summed E-state index contributed by atoms with van der Waals surface area (Å²) >= 11 is 1.33. The molecule has 0 spiro atoms. The molecule has 9 heteroatoms. The molecular formula is C24H28N4O4S. The first kappa shape index (κ1) is 24.2. The average Bonchev–Trinajstić information content (AvgIpc) is 3.34. The van der Waals surface area contributed by atoms with Gasteiger partial charge in [-0.25, -0.2) is 9.78 Å². The number of aryl methyl sites for hydroxylation is 1. The SMILES string of the molecule is COC(=O)c1ccc(-n2c(C)cc(-c3csc(NC(=O)[C@@H](NC(C)=O)C(C)C)n3)c2C)cc1. The highest BCUT2D eigenvalue weighted by Crippen LogP contribution is 2.32. The number of carbonyl (C=O) groups excluding carboxylic acids is 3. The summed E-state index contributed by atoms with van der Waals surface area (Å²) in [6.07, 6.45) is 0. The van der Waals surface area contributed by atoms with Gasteiger partial charge in [-0.1, -0.05) is 13.8 Å². The molecule has 2 N–H and O–H groups in total. The molecule has 0 saturated heterocycles. The van der Waals surface area contributed by atoms with Crippen molar-refractivity contribution in [2.24, 2.45) is 5.92 Å². The van der Waals surface area contributed by atoms with Gasteiger partial charge in [0.2, 0.25) is 11.8 Å². The number of hydrogen-bond acceptors (Lipinski definition) is 6. The molecule has 0 radical (unpaired) electrons. The molecule has 1 atom stereocenters. The normalized spacial score (nSPS) is 11.8. The summed E-state index contributed by atoms with van der Waals surface area (Å²) in [6.45, 7) is 9.14. The number of nitrogens with one attached hydrogen (secondary N) is 2. The smallest absolute Gasteiger partial charge is 0.337 e. The molecule has 3 aromatic rings. The predicted molar refractivity (Wildman–Crippen MR) is 129 cm³/mol. The monoisotopic (exact) mass is 468 g/mol. The van der Waals surface area contributed by atoms with Gasteiger partial charge in [0, 0.05) is 34.9 Å². The molecule has 0 bridgehead atoms. The fourth-order valence-corrected chi connectivity index (χ4v) is 4.39. The second-order valence-corrected chi connectivity index (χ2v) is 8.97. The quantitative estimate of drug-likeness (QED) is 0.508. The van der Waals surface area contributed by atoms with Crippen LogP contribution in [-0.4, -0.2) is 40.5 Å². The van der Waals surface area contributed by atoms with Crippen molar-refractivity contribution in [3.63, 3.8) is 0 Å². The minimum Gasteiger partial charge on any atom is -0.465 e. The third-order valence-corrected chi connectivity index (χ3v) is 6.05. The average molecular weight is 469 g/mol. The van der Waals surface area contributed by atoms with Crippen molar-refractivity contribution in [3.05, 3.63) is 52.7 Å². The summed E-state index contributed by atoms with van der Waals surface area (Å²) in [5.41, 5.74) is 5.10. The largest absolute Gasteiger partial charge is 0.465 e. The van der Waals surface area contributed by atoms with Crippen molar-refractivity contribution >= 4 is 34.3 Å². The highest BCUT2D eigenvalue weighted by molar-refractivity contribution is 7.14. The first-order chi connectivity index (χ1) is 15.6. The van der Waals surface area contributed by atoms with Crippen LogP contribution >= 0.6 is 11.3 Å². The summed E-state index contributed by atoms with van der Waals surface area (Å²) in [5.74, 6) is -0.982. The van der Waals surface area contributed by atoms with Gasteiger partial charge in [-0.05, 0) is 50.1 Å². The second-order valence-electron chi connectivity index (χ2n) is 8.11. The molecule has 0 saturated carbocycles. The number of thiazole rings is 1. The number of ether oxygens (including phenoxy) is 1. The number of rotatable bonds is 7. The Kier molecular flexibility index (Phi) is 7.33. The minimum absolute atomic E-state index is 0.0576. The Morgan fingerprint density at radius 1 is 1.12 bits per heavy atom. The highest BCUT2D eigenvalue weighted by atomic mass is 32.1. The van der Waals surface area contributed by atoms with Crippen molar-refractivity contribution in [2.75, 3.05) is 12.4 Å². The molecule has 33 heavy (non-hydrogen) atoms. The van der Waals surface area contributed by atoms with E-state index < -0.39 is 6.04 Å². The number of carbonyl (C=O) groups is 3. The molecular weight excluding hydrogens is 440 g/mol. The molecule has 0 fully saturated rings. The van der Waals surface area contributed by atoms with Crippen LogP contribution in [0.3, 0.4) is 0 Å². The van der Waals surface area contributed by atoms with Gasteiger partial charge in [0.25, 0.3) is 0 Å². The van der Waals surface area contributed by atoms with E-state index in [9.17, 15) is 14.4 Å². The van der Waals surface area contributed by atoms with Gasteiger partial charge in [-0.3, -0.25) is 9.59 Å². The van der Waals surface area contributed by atoms with E-state index in [1.165, 1.54) is 25.4 Å². The number of benzene rings is 1. The number of amides is 2. The number of esters is 1. The zero-order valence-corrected chi connectivity index (χ0v) is 20.4. The second kappa shape index (κ2) is 9.99. The van der Waals surface area contributed by atoms with E-state index in [1.54, 1.807) is 12.1 Å². The molecule has 3 rings (SSSR count). The van der Waals surface area contributed by atoms with Crippen LogP contribution in [0.25, 0.3) is 16.9 Å². The van der Waals surface area contributed by atoms with Crippen molar-refractivity contribution in [3.8, 4) is 16.9 Å². The summed E-state index contributed by atoms with van der Waals surface area (Å²) in [4.78, 5) is 40.4. The number of aromatic nitrogens is 2. The number of methoxy groups -OCH3 is 1. The van der Waals surface area contributed by atoms with E-state index >= 15 is 0 Å².